The lowest BCUT2D eigenvalue weighted by Crippen LogP contribution is -2.27. The fourth-order valence-electron chi connectivity index (χ4n) is 1.15. The highest BCUT2D eigenvalue weighted by molar-refractivity contribution is 6.39. The Morgan fingerprint density at radius 2 is 1.81 bits per heavy atom. The number of rotatable bonds is 4. The first-order chi connectivity index (χ1) is 7.35. The predicted molar refractivity (Wildman–Crippen MR) is 70.2 cm³/mol. The Labute approximate surface area is 106 Å². The number of halogens is 2. The molecule has 16 heavy (non-hydrogen) atoms. The summed E-state index contributed by atoms with van der Waals surface area (Å²) in [5.74, 6) is 0. The van der Waals surface area contributed by atoms with Crippen LogP contribution in [-0.2, 0) is 0 Å². The molecule has 0 amide bonds. The van der Waals surface area contributed by atoms with Crippen molar-refractivity contribution in [2.45, 2.75) is 13.8 Å². The van der Waals surface area contributed by atoms with Crippen LogP contribution in [0.3, 0.4) is 0 Å². The van der Waals surface area contributed by atoms with Crippen LogP contribution in [0.15, 0.2) is 12.1 Å². The van der Waals surface area contributed by atoms with Crippen molar-refractivity contribution in [2.24, 2.45) is 5.41 Å². The van der Waals surface area contributed by atoms with Crippen LogP contribution in [0.2, 0.25) is 10.0 Å². The van der Waals surface area contributed by atoms with Crippen molar-refractivity contribution in [1.82, 2.24) is 0 Å². The zero-order chi connectivity index (χ0) is 12.3. The van der Waals surface area contributed by atoms with Crippen molar-refractivity contribution in [3.8, 4) is 0 Å². The Kier molecular flexibility index (Phi) is 4.30. The van der Waals surface area contributed by atoms with E-state index in [-0.39, 0.29) is 12.0 Å². The molecule has 0 saturated heterocycles. The van der Waals surface area contributed by atoms with Crippen molar-refractivity contribution in [3.63, 3.8) is 0 Å². The van der Waals surface area contributed by atoms with Gasteiger partial charge < -0.3 is 16.2 Å². The standard InChI is InChI=1S/C11H16Cl2N2O/c1-11(2,6-16)5-15-10-8(12)3-7(14)4-9(10)13/h3-4,15-16H,5-6,14H2,1-2H3. The number of benzene rings is 1. The predicted octanol–water partition coefficient (Wildman–Crippen LogP) is 3.01. The summed E-state index contributed by atoms with van der Waals surface area (Å²) in [6.45, 7) is 4.55. The Bertz CT molecular complexity index is 357. The van der Waals surface area contributed by atoms with Gasteiger partial charge in [0.2, 0.25) is 0 Å². The van der Waals surface area contributed by atoms with Crippen LogP contribution in [0.4, 0.5) is 11.4 Å². The molecular weight excluding hydrogens is 247 g/mol. The minimum absolute atomic E-state index is 0.0875. The minimum Gasteiger partial charge on any atom is -0.399 e. The fourth-order valence-corrected chi connectivity index (χ4v) is 1.78. The SMILES string of the molecule is CC(C)(CO)CNc1c(Cl)cc(N)cc1Cl. The average molecular weight is 263 g/mol. The Morgan fingerprint density at radius 1 is 1.31 bits per heavy atom. The maximum absolute atomic E-state index is 9.13. The van der Waals surface area contributed by atoms with Gasteiger partial charge in [0.15, 0.2) is 0 Å². The van der Waals surface area contributed by atoms with Gasteiger partial charge in [-0.2, -0.15) is 0 Å². The summed E-state index contributed by atoms with van der Waals surface area (Å²) in [5.41, 5.74) is 6.55. The lowest BCUT2D eigenvalue weighted by atomic mass is 9.95. The molecule has 1 rings (SSSR count). The van der Waals surface area contributed by atoms with Crippen LogP contribution in [-0.4, -0.2) is 18.3 Å². The first kappa shape index (κ1) is 13.4. The van der Waals surface area contributed by atoms with E-state index in [4.69, 9.17) is 34.0 Å². The number of aliphatic hydroxyl groups excluding tert-OH is 1. The van der Waals surface area contributed by atoms with Gasteiger partial charge in [0, 0.05) is 24.3 Å². The zero-order valence-corrected chi connectivity index (χ0v) is 10.9. The summed E-state index contributed by atoms with van der Waals surface area (Å²) < 4.78 is 0. The third-order valence-corrected chi connectivity index (χ3v) is 2.83. The minimum atomic E-state index is -0.228. The fraction of sp³-hybridized carbons (Fsp3) is 0.455. The molecule has 90 valence electrons. The highest BCUT2D eigenvalue weighted by Crippen LogP contribution is 2.33. The molecule has 0 heterocycles. The summed E-state index contributed by atoms with van der Waals surface area (Å²) in [5, 5.41) is 13.2. The molecule has 0 fully saturated rings. The van der Waals surface area contributed by atoms with Gasteiger partial charge in [-0.05, 0) is 12.1 Å². The lowest BCUT2D eigenvalue weighted by Gasteiger charge is -2.23. The highest BCUT2D eigenvalue weighted by atomic mass is 35.5. The van der Waals surface area contributed by atoms with E-state index in [0.717, 1.165) is 0 Å². The van der Waals surface area contributed by atoms with E-state index in [9.17, 15) is 0 Å². The molecule has 1 aromatic carbocycles. The van der Waals surface area contributed by atoms with Crippen LogP contribution in [0, 0.1) is 5.41 Å². The number of hydrogen-bond acceptors (Lipinski definition) is 3. The molecule has 0 atom stereocenters. The maximum atomic E-state index is 9.13. The number of nitrogens with one attached hydrogen (secondary N) is 1. The quantitative estimate of drug-likeness (QED) is 0.732. The molecule has 0 saturated carbocycles. The second-order valence-electron chi connectivity index (χ2n) is 4.54. The van der Waals surface area contributed by atoms with Crippen LogP contribution < -0.4 is 11.1 Å². The van der Waals surface area contributed by atoms with Gasteiger partial charge in [-0.25, -0.2) is 0 Å². The molecule has 0 spiro atoms. The van der Waals surface area contributed by atoms with Gasteiger partial charge in [0.05, 0.1) is 15.7 Å². The average Bonchev–Trinajstić information content (AvgIpc) is 2.16. The first-order valence-corrected chi connectivity index (χ1v) is 5.70. The van der Waals surface area contributed by atoms with Crippen molar-refractivity contribution in [2.75, 3.05) is 24.2 Å². The molecule has 0 unspecified atom stereocenters. The molecular formula is C11H16Cl2N2O. The third kappa shape index (κ3) is 3.44. The van der Waals surface area contributed by atoms with E-state index in [0.29, 0.717) is 28.0 Å². The molecule has 4 N–H and O–H groups in total. The number of nitrogens with two attached hydrogens (primary N) is 1. The summed E-state index contributed by atoms with van der Waals surface area (Å²) >= 11 is 12.0. The lowest BCUT2D eigenvalue weighted by molar-refractivity contribution is 0.171. The number of anilines is 2. The number of hydrogen-bond donors (Lipinski definition) is 3. The van der Waals surface area contributed by atoms with Crippen LogP contribution in [0.5, 0.6) is 0 Å². The molecule has 0 bridgehead atoms. The third-order valence-electron chi connectivity index (χ3n) is 2.24. The molecule has 0 aliphatic rings. The van der Waals surface area contributed by atoms with E-state index in [1.807, 2.05) is 13.8 Å². The van der Waals surface area contributed by atoms with Gasteiger partial charge in [0.1, 0.15) is 0 Å². The second kappa shape index (κ2) is 5.13. The van der Waals surface area contributed by atoms with Gasteiger partial charge >= 0.3 is 0 Å². The number of aliphatic hydroxyl groups is 1. The molecule has 0 radical (unpaired) electrons. The Hall–Kier alpha value is -0.640. The maximum Gasteiger partial charge on any atom is 0.0720 e. The van der Waals surface area contributed by atoms with Crippen molar-refractivity contribution < 1.29 is 5.11 Å². The van der Waals surface area contributed by atoms with E-state index in [1.165, 1.54) is 0 Å². The highest BCUT2D eigenvalue weighted by Gasteiger charge is 2.17. The molecule has 5 heteroatoms. The summed E-state index contributed by atoms with van der Waals surface area (Å²) in [7, 11) is 0. The van der Waals surface area contributed by atoms with Crippen molar-refractivity contribution in [3.05, 3.63) is 22.2 Å². The smallest absolute Gasteiger partial charge is 0.0720 e. The van der Waals surface area contributed by atoms with Crippen LogP contribution >= 0.6 is 23.2 Å². The largest absolute Gasteiger partial charge is 0.399 e. The van der Waals surface area contributed by atoms with E-state index >= 15 is 0 Å². The summed E-state index contributed by atoms with van der Waals surface area (Å²) in [6, 6.07) is 3.28. The van der Waals surface area contributed by atoms with Crippen molar-refractivity contribution in [1.29, 1.82) is 0 Å². The molecule has 0 aliphatic heterocycles. The monoisotopic (exact) mass is 262 g/mol. The number of nitrogen functional groups attached to an aromatic ring is 1. The van der Waals surface area contributed by atoms with Gasteiger partial charge in [-0.15, -0.1) is 0 Å². The molecule has 3 nitrogen and oxygen atoms in total. The molecule has 1 aromatic rings. The van der Waals surface area contributed by atoms with E-state index < -0.39 is 0 Å². The normalized spacial score (nSPS) is 11.6. The first-order valence-electron chi connectivity index (χ1n) is 4.95. The van der Waals surface area contributed by atoms with Crippen LogP contribution in [0.25, 0.3) is 0 Å². The van der Waals surface area contributed by atoms with E-state index in [2.05, 4.69) is 5.32 Å². The summed E-state index contributed by atoms with van der Waals surface area (Å²) in [6.07, 6.45) is 0. The molecule has 0 aliphatic carbocycles. The Morgan fingerprint density at radius 3 is 2.25 bits per heavy atom. The van der Waals surface area contributed by atoms with Gasteiger partial charge in [-0.3, -0.25) is 0 Å². The second-order valence-corrected chi connectivity index (χ2v) is 5.35. The zero-order valence-electron chi connectivity index (χ0n) is 9.35. The molecule has 0 aromatic heterocycles. The summed E-state index contributed by atoms with van der Waals surface area (Å²) in [4.78, 5) is 0. The van der Waals surface area contributed by atoms with E-state index in [1.54, 1.807) is 12.1 Å². The van der Waals surface area contributed by atoms with Gasteiger partial charge in [-0.1, -0.05) is 37.0 Å². The van der Waals surface area contributed by atoms with Crippen molar-refractivity contribution >= 4 is 34.6 Å². The topological polar surface area (TPSA) is 58.3 Å². The Balaban J connectivity index is 2.82. The van der Waals surface area contributed by atoms with Crippen LogP contribution in [0.1, 0.15) is 13.8 Å². The van der Waals surface area contributed by atoms with Gasteiger partial charge in [0.25, 0.3) is 0 Å².